The smallest absolute Gasteiger partial charge is 0.141 e. The van der Waals surface area contributed by atoms with Gasteiger partial charge in [0, 0.05) is 30.6 Å². The van der Waals surface area contributed by atoms with Gasteiger partial charge in [0.05, 0.1) is 5.02 Å². The monoisotopic (exact) mass is 306 g/mol. The molecule has 1 aliphatic carbocycles. The zero-order chi connectivity index (χ0) is 14.8. The summed E-state index contributed by atoms with van der Waals surface area (Å²) in [4.78, 5) is 4.42. The van der Waals surface area contributed by atoms with Gasteiger partial charge < -0.3 is 14.8 Å². The van der Waals surface area contributed by atoms with E-state index in [0.29, 0.717) is 17.0 Å². The minimum absolute atomic E-state index is 0.0700. The molecule has 2 atom stereocenters. The summed E-state index contributed by atoms with van der Waals surface area (Å²) >= 11 is 6.21. The average Bonchev–Trinajstić information content (AvgIpc) is 2.99. The molecule has 0 aliphatic heterocycles. The molecule has 0 bridgehead atoms. The summed E-state index contributed by atoms with van der Waals surface area (Å²) in [6.45, 7) is 0.243. The Bertz CT molecular complexity index is 626. The molecule has 0 spiro atoms. The van der Waals surface area contributed by atoms with E-state index in [-0.39, 0.29) is 12.4 Å². The Balaban J connectivity index is 1.95. The van der Waals surface area contributed by atoms with Crippen molar-refractivity contribution in [1.82, 2.24) is 9.55 Å². The fraction of sp³-hybridized carbons (Fsp3) is 0.438. The standard InChI is InChI=1S/C16H19ClN2O2/c17-15-13(5-2-6-14(15)21)16-18-7-8-19(16)12-4-1-3-11(9-12)10-20/h2,5-8,11-12,20-21H,1,3-4,9-10H2/t11-,12+/m0/s1. The van der Waals surface area contributed by atoms with Crippen LogP contribution in [0.3, 0.4) is 0 Å². The molecule has 1 aromatic carbocycles. The van der Waals surface area contributed by atoms with Crippen molar-refractivity contribution in [3.05, 3.63) is 35.6 Å². The van der Waals surface area contributed by atoms with Crippen LogP contribution in [0.25, 0.3) is 11.4 Å². The van der Waals surface area contributed by atoms with Gasteiger partial charge in [0.25, 0.3) is 0 Å². The normalized spacial score (nSPS) is 22.4. The third kappa shape index (κ3) is 2.78. The van der Waals surface area contributed by atoms with Crippen LogP contribution in [-0.4, -0.2) is 26.4 Å². The van der Waals surface area contributed by atoms with Crippen LogP contribution in [0.2, 0.25) is 5.02 Å². The van der Waals surface area contributed by atoms with Crippen molar-refractivity contribution < 1.29 is 10.2 Å². The Morgan fingerprint density at radius 3 is 3.00 bits per heavy atom. The van der Waals surface area contributed by atoms with Gasteiger partial charge in [-0.15, -0.1) is 0 Å². The molecule has 0 unspecified atom stereocenters. The van der Waals surface area contributed by atoms with Crippen LogP contribution in [0.1, 0.15) is 31.7 Å². The SMILES string of the molecule is OC[C@H]1CCC[C@@H](n2ccnc2-c2cccc(O)c2Cl)C1. The number of benzene rings is 1. The van der Waals surface area contributed by atoms with E-state index < -0.39 is 0 Å². The lowest BCUT2D eigenvalue weighted by Gasteiger charge is -2.30. The second-order valence-electron chi connectivity index (χ2n) is 5.67. The fourth-order valence-electron chi connectivity index (χ4n) is 3.19. The van der Waals surface area contributed by atoms with Gasteiger partial charge in [0.15, 0.2) is 0 Å². The van der Waals surface area contributed by atoms with Gasteiger partial charge in [-0.05, 0) is 37.3 Å². The Morgan fingerprint density at radius 2 is 2.19 bits per heavy atom. The predicted molar refractivity (Wildman–Crippen MR) is 82.4 cm³/mol. The molecule has 4 nitrogen and oxygen atoms in total. The number of phenolic OH excluding ortho intramolecular Hbond substituents is 1. The Kier molecular flexibility index (Phi) is 4.17. The summed E-state index contributed by atoms with van der Waals surface area (Å²) in [7, 11) is 0. The van der Waals surface area contributed by atoms with Crippen LogP contribution in [0.5, 0.6) is 5.75 Å². The number of aromatic nitrogens is 2. The molecular weight excluding hydrogens is 288 g/mol. The lowest BCUT2D eigenvalue weighted by atomic mass is 9.86. The number of aliphatic hydroxyl groups excluding tert-OH is 1. The van der Waals surface area contributed by atoms with Crippen LogP contribution in [0.15, 0.2) is 30.6 Å². The van der Waals surface area contributed by atoms with Gasteiger partial charge in [-0.2, -0.15) is 0 Å². The molecule has 112 valence electrons. The van der Waals surface area contributed by atoms with Crippen LogP contribution in [0, 0.1) is 5.92 Å². The molecule has 1 heterocycles. The van der Waals surface area contributed by atoms with Crippen LogP contribution >= 0.6 is 11.6 Å². The number of aliphatic hydroxyl groups is 1. The van der Waals surface area contributed by atoms with E-state index in [1.807, 2.05) is 12.3 Å². The highest BCUT2D eigenvalue weighted by Crippen LogP contribution is 2.38. The van der Waals surface area contributed by atoms with Crippen LogP contribution in [-0.2, 0) is 0 Å². The minimum atomic E-state index is 0.0700. The molecule has 3 rings (SSSR count). The molecule has 0 radical (unpaired) electrons. The summed E-state index contributed by atoms with van der Waals surface area (Å²) in [6, 6.07) is 5.54. The first-order valence-electron chi connectivity index (χ1n) is 7.32. The molecule has 2 N–H and O–H groups in total. The highest BCUT2D eigenvalue weighted by Gasteiger charge is 2.25. The minimum Gasteiger partial charge on any atom is -0.506 e. The van der Waals surface area contributed by atoms with E-state index in [1.54, 1.807) is 18.3 Å². The number of imidazole rings is 1. The zero-order valence-corrected chi connectivity index (χ0v) is 12.5. The number of hydrogen-bond donors (Lipinski definition) is 2. The van der Waals surface area contributed by atoms with Gasteiger partial charge >= 0.3 is 0 Å². The van der Waals surface area contributed by atoms with Gasteiger partial charge in [0.1, 0.15) is 11.6 Å². The summed E-state index contributed by atoms with van der Waals surface area (Å²) in [5.74, 6) is 1.21. The number of halogens is 1. The fourth-order valence-corrected chi connectivity index (χ4v) is 3.40. The Morgan fingerprint density at radius 1 is 1.33 bits per heavy atom. The maximum Gasteiger partial charge on any atom is 0.141 e. The molecule has 1 aromatic heterocycles. The lowest BCUT2D eigenvalue weighted by molar-refractivity contribution is 0.163. The van der Waals surface area contributed by atoms with E-state index in [2.05, 4.69) is 9.55 Å². The largest absolute Gasteiger partial charge is 0.506 e. The average molecular weight is 307 g/mol. The zero-order valence-electron chi connectivity index (χ0n) is 11.7. The van der Waals surface area contributed by atoms with E-state index in [1.165, 1.54) is 0 Å². The van der Waals surface area contributed by atoms with Crippen molar-refractivity contribution in [2.24, 2.45) is 5.92 Å². The molecule has 1 fully saturated rings. The van der Waals surface area contributed by atoms with Gasteiger partial charge in [-0.3, -0.25) is 0 Å². The molecule has 0 amide bonds. The third-order valence-electron chi connectivity index (χ3n) is 4.29. The number of aromatic hydroxyl groups is 1. The highest BCUT2D eigenvalue weighted by molar-refractivity contribution is 6.34. The lowest BCUT2D eigenvalue weighted by Crippen LogP contribution is -2.21. The topological polar surface area (TPSA) is 58.3 Å². The molecule has 1 saturated carbocycles. The van der Waals surface area contributed by atoms with Crippen molar-refractivity contribution >= 4 is 11.6 Å². The van der Waals surface area contributed by atoms with Crippen molar-refractivity contribution in [3.8, 4) is 17.1 Å². The van der Waals surface area contributed by atoms with Crippen LogP contribution in [0.4, 0.5) is 0 Å². The summed E-state index contributed by atoms with van der Waals surface area (Å²) in [6.07, 6.45) is 7.95. The third-order valence-corrected chi connectivity index (χ3v) is 4.69. The van der Waals surface area contributed by atoms with Crippen molar-refractivity contribution in [3.63, 3.8) is 0 Å². The second-order valence-corrected chi connectivity index (χ2v) is 6.04. The number of rotatable bonds is 3. The summed E-state index contributed by atoms with van der Waals surface area (Å²) < 4.78 is 2.13. The van der Waals surface area contributed by atoms with E-state index in [9.17, 15) is 10.2 Å². The molecule has 2 aromatic rings. The van der Waals surface area contributed by atoms with E-state index in [4.69, 9.17) is 11.6 Å². The second kappa shape index (κ2) is 6.08. The number of phenols is 1. The van der Waals surface area contributed by atoms with E-state index >= 15 is 0 Å². The van der Waals surface area contributed by atoms with Crippen molar-refractivity contribution in [2.75, 3.05) is 6.61 Å². The number of hydrogen-bond acceptors (Lipinski definition) is 3. The highest BCUT2D eigenvalue weighted by atomic mass is 35.5. The maximum absolute atomic E-state index is 9.78. The predicted octanol–water partition coefficient (Wildman–Crippen LogP) is 3.63. The first-order valence-corrected chi connectivity index (χ1v) is 7.70. The maximum atomic E-state index is 9.78. The molecule has 0 saturated heterocycles. The Hall–Kier alpha value is -1.52. The first kappa shape index (κ1) is 14.4. The van der Waals surface area contributed by atoms with Gasteiger partial charge in [0.2, 0.25) is 0 Å². The van der Waals surface area contributed by atoms with E-state index in [0.717, 1.165) is 37.1 Å². The molecule has 5 heteroatoms. The van der Waals surface area contributed by atoms with Crippen molar-refractivity contribution in [1.29, 1.82) is 0 Å². The molecular formula is C16H19ClN2O2. The summed E-state index contributed by atoms with van der Waals surface area (Å²) in [5.41, 5.74) is 0.743. The quantitative estimate of drug-likeness (QED) is 0.910. The molecule has 1 aliphatic rings. The Labute approximate surface area is 129 Å². The molecule has 21 heavy (non-hydrogen) atoms. The number of nitrogens with zero attached hydrogens (tertiary/aromatic N) is 2. The van der Waals surface area contributed by atoms with Gasteiger partial charge in [-0.25, -0.2) is 4.98 Å². The summed E-state index contributed by atoms with van der Waals surface area (Å²) in [5, 5.41) is 19.5. The van der Waals surface area contributed by atoms with Gasteiger partial charge in [-0.1, -0.05) is 24.1 Å². The van der Waals surface area contributed by atoms with Crippen molar-refractivity contribution in [2.45, 2.75) is 31.7 Å². The first-order chi connectivity index (χ1) is 10.2. The van der Waals surface area contributed by atoms with Crippen LogP contribution < -0.4 is 0 Å².